The number of benzene rings is 3. The molecule has 0 atom stereocenters. The largest absolute Gasteiger partial charge is 0.381 e. The molecule has 182 valence electrons. The minimum atomic E-state index is -0.167. The molecule has 0 aliphatic carbocycles. The number of anilines is 5. The Hall–Kier alpha value is -4.39. The monoisotopic (exact) mass is 478 g/mol. The van der Waals surface area contributed by atoms with Crippen molar-refractivity contribution in [2.24, 2.45) is 0 Å². The van der Waals surface area contributed by atoms with Crippen LogP contribution in [0.4, 0.5) is 28.7 Å². The summed E-state index contributed by atoms with van der Waals surface area (Å²) in [6.45, 7) is 4.46. The first kappa shape index (κ1) is 23.4. The molecule has 0 radical (unpaired) electrons. The molecule has 5 rings (SSSR count). The van der Waals surface area contributed by atoms with E-state index in [0.29, 0.717) is 22.9 Å². The second kappa shape index (κ2) is 9.70. The molecule has 0 spiro atoms. The number of carbonyl (C=O) groups is 1. The quantitative estimate of drug-likeness (QED) is 0.250. The summed E-state index contributed by atoms with van der Waals surface area (Å²) in [5.41, 5.74) is 12.5. The van der Waals surface area contributed by atoms with Crippen molar-refractivity contribution in [2.75, 3.05) is 21.7 Å². The summed E-state index contributed by atoms with van der Waals surface area (Å²) in [6.07, 6.45) is 4.79. The van der Waals surface area contributed by atoms with Gasteiger partial charge >= 0.3 is 0 Å². The molecule has 36 heavy (non-hydrogen) atoms. The third kappa shape index (κ3) is 4.73. The van der Waals surface area contributed by atoms with Crippen LogP contribution in [0.1, 0.15) is 42.6 Å². The van der Waals surface area contributed by atoms with Gasteiger partial charge in [0.2, 0.25) is 0 Å². The summed E-state index contributed by atoms with van der Waals surface area (Å²) >= 11 is 0. The van der Waals surface area contributed by atoms with E-state index in [1.54, 1.807) is 18.3 Å². The van der Waals surface area contributed by atoms with Crippen LogP contribution >= 0.6 is 0 Å². The van der Waals surface area contributed by atoms with Crippen LogP contribution in [0.5, 0.6) is 0 Å². The maximum Gasteiger partial charge on any atom is 0.255 e. The lowest BCUT2D eigenvalue weighted by molar-refractivity contribution is 0.102. The molecular weight excluding hydrogens is 448 g/mol. The van der Waals surface area contributed by atoms with Crippen molar-refractivity contribution in [3.8, 4) is 11.3 Å². The number of rotatable bonds is 7. The number of hydrogen-bond donors (Lipinski definition) is 4. The molecular formula is C29H30N6O. The van der Waals surface area contributed by atoms with Crippen molar-refractivity contribution in [1.29, 1.82) is 0 Å². The minimum Gasteiger partial charge on any atom is -0.381 e. The standard InChI is InChI=1S/C29H30N6O/c1-3-29(4-2)17-21-16-23(14-15-24(21)35-29)32-27-26(30)31-18-25(34-27)19-10-12-20(13-11-19)28(36)33-22-8-6-5-7-9-22/h5-16,18,35H,3-4,17H2,1-2H3,(H2,30,31)(H,32,34)(H,33,36). The van der Waals surface area contributed by atoms with E-state index in [1.165, 1.54) is 11.3 Å². The summed E-state index contributed by atoms with van der Waals surface area (Å²) in [7, 11) is 0. The number of carbonyl (C=O) groups excluding carboxylic acids is 1. The summed E-state index contributed by atoms with van der Waals surface area (Å²) in [4.78, 5) is 21.6. The number of nitrogens with two attached hydrogens (primary N) is 1. The zero-order valence-corrected chi connectivity index (χ0v) is 20.5. The Morgan fingerprint density at radius 3 is 2.47 bits per heavy atom. The highest BCUT2D eigenvalue weighted by Crippen LogP contribution is 2.38. The maximum atomic E-state index is 12.6. The lowest BCUT2D eigenvalue weighted by Gasteiger charge is -2.27. The Kier molecular flexibility index (Phi) is 6.29. The Bertz CT molecular complexity index is 1380. The average Bonchev–Trinajstić information content (AvgIpc) is 3.29. The van der Waals surface area contributed by atoms with Gasteiger partial charge in [-0.2, -0.15) is 0 Å². The number of para-hydroxylation sites is 1. The zero-order chi connectivity index (χ0) is 25.1. The summed E-state index contributed by atoms with van der Waals surface area (Å²) < 4.78 is 0. The molecule has 1 aliphatic rings. The highest BCUT2D eigenvalue weighted by Gasteiger charge is 2.33. The lowest BCUT2D eigenvalue weighted by Crippen LogP contribution is -2.34. The Morgan fingerprint density at radius 2 is 1.75 bits per heavy atom. The number of nitrogens with zero attached hydrogens (tertiary/aromatic N) is 2. The topological polar surface area (TPSA) is 105 Å². The molecule has 5 N–H and O–H groups in total. The van der Waals surface area contributed by atoms with Gasteiger partial charge in [-0.1, -0.05) is 44.2 Å². The van der Waals surface area contributed by atoms with E-state index in [9.17, 15) is 4.79 Å². The molecule has 7 nitrogen and oxygen atoms in total. The molecule has 1 aromatic heterocycles. The van der Waals surface area contributed by atoms with Crippen LogP contribution in [-0.2, 0) is 6.42 Å². The fourth-order valence-corrected chi connectivity index (χ4v) is 4.59. The number of aromatic nitrogens is 2. The van der Waals surface area contributed by atoms with E-state index in [1.807, 2.05) is 48.5 Å². The van der Waals surface area contributed by atoms with Crippen LogP contribution in [0.15, 0.2) is 79.0 Å². The molecule has 7 heteroatoms. The number of nitrogen functional groups attached to an aromatic ring is 1. The molecule has 0 unspecified atom stereocenters. The summed E-state index contributed by atoms with van der Waals surface area (Å²) in [5.74, 6) is 0.661. The number of fused-ring (bicyclic) bond motifs is 1. The van der Waals surface area contributed by atoms with Gasteiger partial charge in [-0.05, 0) is 67.3 Å². The van der Waals surface area contributed by atoms with E-state index in [-0.39, 0.29) is 11.4 Å². The molecule has 4 aromatic rings. The Morgan fingerprint density at radius 1 is 1.00 bits per heavy atom. The molecule has 3 aromatic carbocycles. The second-order valence-corrected chi connectivity index (χ2v) is 9.17. The van der Waals surface area contributed by atoms with Gasteiger partial charge in [-0.3, -0.25) is 4.79 Å². The number of hydrogen-bond acceptors (Lipinski definition) is 6. The van der Waals surface area contributed by atoms with Gasteiger partial charge in [0.1, 0.15) is 0 Å². The average molecular weight is 479 g/mol. The van der Waals surface area contributed by atoms with E-state index in [0.717, 1.165) is 36.2 Å². The Balaban J connectivity index is 1.32. The first-order valence-electron chi connectivity index (χ1n) is 12.3. The van der Waals surface area contributed by atoms with Crippen molar-refractivity contribution < 1.29 is 4.79 Å². The highest BCUT2D eigenvalue weighted by atomic mass is 16.1. The lowest BCUT2D eigenvalue weighted by atomic mass is 9.89. The van der Waals surface area contributed by atoms with Crippen LogP contribution in [0.25, 0.3) is 11.3 Å². The molecule has 1 amide bonds. The molecule has 2 heterocycles. The van der Waals surface area contributed by atoms with Gasteiger partial charge in [0.25, 0.3) is 5.91 Å². The fourth-order valence-electron chi connectivity index (χ4n) is 4.59. The third-order valence-corrected chi connectivity index (χ3v) is 6.93. The van der Waals surface area contributed by atoms with Gasteiger partial charge in [0.15, 0.2) is 11.6 Å². The smallest absolute Gasteiger partial charge is 0.255 e. The minimum absolute atomic E-state index is 0.129. The summed E-state index contributed by atoms with van der Waals surface area (Å²) in [5, 5.41) is 9.93. The number of nitrogens with one attached hydrogen (secondary N) is 3. The Labute approximate surface area is 211 Å². The van der Waals surface area contributed by atoms with Crippen molar-refractivity contribution in [1.82, 2.24) is 9.97 Å². The van der Waals surface area contributed by atoms with Gasteiger partial charge in [-0.15, -0.1) is 0 Å². The van der Waals surface area contributed by atoms with E-state index in [4.69, 9.17) is 10.7 Å². The van der Waals surface area contributed by atoms with Crippen LogP contribution in [-0.4, -0.2) is 21.4 Å². The van der Waals surface area contributed by atoms with Gasteiger partial charge in [0.05, 0.1) is 11.9 Å². The van der Waals surface area contributed by atoms with Gasteiger partial charge < -0.3 is 21.7 Å². The van der Waals surface area contributed by atoms with Gasteiger partial charge in [0, 0.05) is 33.7 Å². The van der Waals surface area contributed by atoms with Crippen molar-refractivity contribution in [2.45, 2.75) is 38.6 Å². The molecule has 0 fully saturated rings. The molecule has 0 saturated carbocycles. The highest BCUT2D eigenvalue weighted by molar-refractivity contribution is 6.04. The fraction of sp³-hybridized carbons (Fsp3) is 0.207. The first-order chi connectivity index (χ1) is 17.5. The zero-order valence-electron chi connectivity index (χ0n) is 20.5. The number of amides is 1. The second-order valence-electron chi connectivity index (χ2n) is 9.17. The van der Waals surface area contributed by atoms with E-state index in [2.05, 4.69) is 46.9 Å². The van der Waals surface area contributed by atoms with E-state index < -0.39 is 0 Å². The van der Waals surface area contributed by atoms with Crippen molar-refractivity contribution in [3.63, 3.8) is 0 Å². The summed E-state index contributed by atoms with van der Waals surface area (Å²) in [6, 6.07) is 23.0. The predicted octanol–water partition coefficient (Wildman–Crippen LogP) is 6.25. The molecule has 0 bridgehead atoms. The van der Waals surface area contributed by atoms with Crippen LogP contribution in [0, 0.1) is 0 Å². The van der Waals surface area contributed by atoms with Crippen LogP contribution in [0.3, 0.4) is 0 Å². The normalized spacial score (nSPS) is 13.5. The van der Waals surface area contributed by atoms with Crippen molar-refractivity contribution in [3.05, 3.63) is 90.1 Å². The van der Waals surface area contributed by atoms with Crippen LogP contribution in [0.2, 0.25) is 0 Å². The maximum absolute atomic E-state index is 12.6. The molecule has 1 aliphatic heterocycles. The van der Waals surface area contributed by atoms with Crippen LogP contribution < -0.4 is 21.7 Å². The van der Waals surface area contributed by atoms with E-state index >= 15 is 0 Å². The molecule has 0 saturated heterocycles. The van der Waals surface area contributed by atoms with Gasteiger partial charge in [-0.25, -0.2) is 9.97 Å². The predicted molar refractivity (Wildman–Crippen MR) is 147 cm³/mol. The first-order valence-corrected chi connectivity index (χ1v) is 12.3. The third-order valence-electron chi connectivity index (χ3n) is 6.93. The SMILES string of the molecule is CCC1(CC)Cc2cc(Nc3nc(-c4ccc(C(=O)Nc5ccccc5)cc4)cnc3N)ccc2N1. The van der Waals surface area contributed by atoms with Crippen molar-refractivity contribution >= 4 is 34.6 Å².